The highest BCUT2D eigenvalue weighted by Gasteiger charge is 2.36. The second-order valence-corrected chi connectivity index (χ2v) is 8.25. The molecule has 6 heteroatoms. The fraction of sp³-hybridized carbons (Fsp3) is 0.556. The highest BCUT2D eigenvalue weighted by molar-refractivity contribution is 8.00. The van der Waals surface area contributed by atoms with Crippen molar-refractivity contribution in [2.24, 2.45) is 5.92 Å². The summed E-state index contributed by atoms with van der Waals surface area (Å²) in [6.07, 6.45) is 1.07. The van der Waals surface area contributed by atoms with Gasteiger partial charge in [0.2, 0.25) is 5.91 Å². The molecule has 1 N–H and O–H groups in total. The molecule has 1 saturated heterocycles. The lowest BCUT2D eigenvalue weighted by molar-refractivity contribution is -0.115. The molecule has 5 nitrogen and oxygen atoms in total. The standard InChI is InChI=1S/C18H25N3O2S/c1-5-12-9-21(10-15(12)20(3)4)18(23)13-6-7-16-14(8-13)19-17(22)11(2)24-16/h6-8,11-12,15H,5,9-10H2,1-4H3,(H,19,22)/t11-,12+,15+/m0/s1. The van der Waals surface area contributed by atoms with Crippen molar-refractivity contribution in [3.8, 4) is 0 Å². The maximum absolute atomic E-state index is 12.9. The minimum Gasteiger partial charge on any atom is -0.337 e. The Bertz CT molecular complexity index is 662. The van der Waals surface area contributed by atoms with Gasteiger partial charge in [0.1, 0.15) is 0 Å². The van der Waals surface area contributed by atoms with Crippen LogP contribution in [0.15, 0.2) is 23.1 Å². The summed E-state index contributed by atoms with van der Waals surface area (Å²) in [4.78, 5) is 29.9. The summed E-state index contributed by atoms with van der Waals surface area (Å²) in [5.74, 6) is 0.563. The Labute approximate surface area is 147 Å². The van der Waals surface area contributed by atoms with Gasteiger partial charge in [0.05, 0.1) is 10.9 Å². The lowest BCUT2D eigenvalue weighted by Crippen LogP contribution is -2.36. The third kappa shape index (κ3) is 3.17. The normalized spacial score (nSPS) is 26.5. The van der Waals surface area contributed by atoms with Crippen molar-refractivity contribution in [1.82, 2.24) is 9.80 Å². The fourth-order valence-corrected chi connectivity index (χ4v) is 4.46. The zero-order valence-corrected chi connectivity index (χ0v) is 15.5. The molecule has 3 atom stereocenters. The van der Waals surface area contributed by atoms with E-state index in [1.807, 2.05) is 30.0 Å². The molecule has 2 aliphatic rings. The zero-order valence-electron chi connectivity index (χ0n) is 14.7. The Balaban J connectivity index is 1.79. The smallest absolute Gasteiger partial charge is 0.253 e. The van der Waals surface area contributed by atoms with Crippen LogP contribution in [0.1, 0.15) is 30.6 Å². The molecule has 1 aromatic carbocycles. The van der Waals surface area contributed by atoms with Gasteiger partial charge in [-0.2, -0.15) is 0 Å². The van der Waals surface area contributed by atoms with Crippen LogP contribution in [0, 0.1) is 5.92 Å². The number of benzene rings is 1. The molecule has 24 heavy (non-hydrogen) atoms. The van der Waals surface area contributed by atoms with Crippen LogP contribution in [-0.4, -0.2) is 60.1 Å². The van der Waals surface area contributed by atoms with Gasteiger partial charge in [-0.15, -0.1) is 11.8 Å². The maximum Gasteiger partial charge on any atom is 0.253 e. The van der Waals surface area contributed by atoms with E-state index in [-0.39, 0.29) is 17.1 Å². The number of hydrogen-bond donors (Lipinski definition) is 1. The van der Waals surface area contributed by atoms with E-state index < -0.39 is 0 Å². The molecule has 2 amide bonds. The molecular weight excluding hydrogens is 322 g/mol. The van der Waals surface area contributed by atoms with E-state index in [4.69, 9.17) is 0 Å². The van der Waals surface area contributed by atoms with Crippen molar-refractivity contribution in [1.29, 1.82) is 0 Å². The second kappa shape index (κ2) is 6.76. The van der Waals surface area contributed by atoms with Gasteiger partial charge >= 0.3 is 0 Å². The van der Waals surface area contributed by atoms with Crippen LogP contribution in [0.3, 0.4) is 0 Å². The van der Waals surface area contributed by atoms with E-state index in [0.29, 0.717) is 17.5 Å². The van der Waals surface area contributed by atoms with Gasteiger partial charge in [0.25, 0.3) is 5.91 Å². The molecule has 0 unspecified atom stereocenters. The molecule has 0 radical (unpaired) electrons. The Hall–Kier alpha value is -1.53. The number of likely N-dealkylation sites (tertiary alicyclic amines) is 1. The molecule has 0 saturated carbocycles. The van der Waals surface area contributed by atoms with Crippen LogP contribution < -0.4 is 5.32 Å². The van der Waals surface area contributed by atoms with E-state index in [9.17, 15) is 9.59 Å². The SMILES string of the molecule is CC[C@@H]1CN(C(=O)c2ccc3c(c2)NC(=O)[C@H](C)S3)C[C@H]1N(C)C. The number of amides is 2. The van der Waals surface area contributed by atoms with Crippen molar-refractivity contribution in [2.75, 3.05) is 32.5 Å². The van der Waals surface area contributed by atoms with Crippen LogP contribution in [0.5, 0.6) is 0 Å². The van der Waals surface area contributed by atoms with Gasteiger partial charge in [0, 0.05) is 29.6 Å². The third-order valence-corrected chi connectivity index (χ3v) is 6.22. The molecule has 0 bridgehead atoms. The first-order valence-corrected chi connectivity index (χ1v) is 9.36. The van der Waals surface area contributed by atoms with Gasteiger partial charge in [-0.25, -0.2) is 0 Å². The van der Waals surface area contributed by atoms with Gasteiger partial charge in [-0.1, -0.05) is 13.3 Å². The molecular formula is C18H25N3O2S. The van der Waals surface area contributed by atoms with Crippen molar-refractivity contribution < 1.29 is 9.59 Å². The number of fused-ring (bicyclic) bond motifs is 1. The topological polar surface area (TPSA) is 52.7 Å². The number of nitrogens with zero attached hydrogens (tertiary/aromatic N) is 2. The van der Waals surface area contributed by atoms with Crippen molar-refractivity contribution in [3.63, 3.8) is 0 Å². The van der Waals surface area contributed by atoms with E-state index in [1.54, 1.807) is 0 Å². The van der Waals surface area contributed by atoms with E-state index in [1.165, 1.54) is 11.8 Å². The summed E-state index contributed by atoms with van der Waals surface area (Å²) in [5.41, 5.74) is 1.41. The van der Waals surface area contributed by atoms with Crippen LogP contribution >= 0.6 is 11.8 Å². The monoisotopic (exact) mass is 347 g/mol. The molecule has 0 aliphatic carbocycles. The summed E-state index contributed by atoms with van der Waals surface area (Å²) >= 11 is 1.54. The molecule has 0 spiro atoms. The summed E-state index contributed by atoms with van der Waals surface area (Å²) in [5, 5.41) is 2.81. The predicted octanol–water partition coefficient (Wildman–Crippen LogP) is 2.53. The maximum atomic E-state index is 12.9. The molecule has 3 rings (SSSR count). The van der Waals surface area contributed by atoms with Gasteiger partial charge < -0.3 is 15.1 Å². The molecule has 1 aromatic rings. The van der Waals surface area contributed by atoms with Gasteiger partial charge in [0.15, 0.2) is 0 Å². The van der Waals surface area contributed by atoms with Crippen molar-refractivity contribution in [2.45, 2.75) is 36.5 Å². The minimum absolute atomic E-state index is 0.00279. The first-order chi connectivity index (χ1) is 11.4. The predicted molar refractivity (Wildman–Crippen MR) is 97.6 cm³/mol. The average molecular weight is 347 g/mol. The summed E-state index contributed by atoms with van der Waals surface area (Å²) < 4.78 is 0. The Morgan fingerprint density at radius 1 is 1.38 bits per heavy atom. The van der Waals surface area contributed by atoms with Gasteiger partial charge in [-0.3, -0.25) is 9.59 Å². The molecule has 130 valence electrons. The number of likely N-dealkylation sites (N-methyl/N-ethyl adjacent to an activating group) is 1. The lowest BCUT2D eigenvalue weighted by atomic mass is 10.0. The second-order valence-electron chi connectivity index (χ2n) is 6.87. The van der Waals surface area contributed by atoms with Crippen LogP contribution in [0.2, 0.25) is 0 Å². The highest BCUT2D eigenvalue weighted by atomic mass is 32.2. The van der Waals surface area contributed by atoms with E-state index in [2.05, 4.69) is 31.2 Å². The highest BCUT2D eigenvalue weighted by Crippen LogP contribution is 2.36. The Morgan fingerprint density at radius 2 is 2.12 bits per heavy atom. The number of anilines is 1. The molecule has 0 aromatic heterocycles. The Kier molecular flexibility index (Phi) is 4.88. The number of carbonyl (C=O) groups excluding carboxylic acids is 2. The van der Waals surface area contributed by atoms with Gasteiger partial charge in [-0.05, 0) is 45.1 Å². The number of nitrogens with one attached hydrogen (secondary N) is 1. The van der Waals surface area contributed by atoms with E-state index in [0.717, 1.165) is 30.1 Å². The zero-order chi connectivity index (χ0) is 17.4. The average Bonchev–Trinajstić information content (AvgIpc) is 2.99. The van der Waals surface area contributed by atoms with Crippen LogP contribution in [-0.2, 0) is 4.79 Å². The molecule has 2 aliphatic heterocycles. The van der Waals surface area contributed by atoms with E-state index >= 15 is 0 Å². The number of rotatable bonds is 3. The molecule has 2 heterocycles. The Morgan fingerprint density at radius 3 is 2.75 bits per heavy atom. The third-order valence-electron chi connectivity index (χ3n) is 5.04. The number of carbonyl (C=O) groups is 2. The number of hydrogen-bond acceptors (Lipinski definition) is 4. The molecule has 1 fully saturated rings. The summed E-state index contributed by atoms with van der Waals surface area (Å²) in [6.45, 7) is 5.63. The quantitative estimate of drug-likeness (QED) is 0.913. The largest absolute Gasteiger partial charge is 0.337 e. The summed E-state index contributed by atoms with van der Waals surface area (Å²) in [7, 11) is 4.16. The first-order valence-electron chi connectivity index (χ1n) is 8.48. The number of thioether (sulfide) groups is 1. The summed E-state index contributed by atoms with van der Waals surface area (Å²) in [6, 6.07) is 6.05. The van der Waals surface area contributed by atoms with Crippen molar-refractivity contribution in [3.05, 3.63) is 23.8 Å². The fourth-order valence-electron chi connectivity index (χ4n) is 3.53. The first kappa shape index (κ1) is 17.3. The van der Waals surface area contributed by atoms with Crippen LogP contribution in [0.25, 0.3) is 0 Å². The lowest BCUT2D eigenvalue weighted by Gasteiger charge is -2.24. The minimum atomic E-state index is -0.0937. The van der Waals surface area contributed by atoms with Crippen LogP contribution in [0.4, 0.5) is 5.69 Å². The van der Waals surface area contributed by atoms with Crippen molar-refractivity contribution >= 4 is 29.3 Å².